The summed E-state index contributed by atoms with van der Waals surface area (Å²) in [5.41, 5.74) is 1.95. The fourth-order valence-electron chi connectivity index (χ4n) is 2.04. The largest absolute Gasteiger partial charge is 0.493 e. The number of halogens is 2. The van der Waals surface area contributed by atoms with Crippen molar-refractivity contribution in [3.05, 3.63) is 59.7 Å². The smallest absolute Gasteiger partial charge is 0.387 e. The van der Waals surface area contributed by atoms with Crippen LogP contribution in [0.2, 0.25) is 0 Å². The Kier molecular flexibility index (Phi) is 6.74. The van der Waals surface area contributed by atoms with E-state index in [1.807, 2.05) is 30.3 Å². The number of benzene rings is 2. The molecule has 2 rings (SSSR count). The van der Waals surface area contributed by atoms with E-state index in [2.05, 4.69) is 15.4 Å². The molecule has 0 unspecified atom stereocenters. The first-order valence-corrected chi connectivity index (χ1v) is 7.66. The van der Waals surface area contributed by atoms with Crippen LogP contribution < -0.4 is 20.1 Å². The first kappa shape index (κ1) is 17.9. The Bertz CT molecular complexity index is 669. The maximum absolute atomic E-state index is 12.3. The molecule has 0 saturated carbocycles. The second-order valence-electron chi connectivity index (χ2n) is 4.89. The molecule has 0 aliphatic rings. The van der Waals surface area contributed by atoms with Crippen molar-refractivity contribution >= 4 is 17.3 Å². The first-order valence-electron chi connectivity index (χ1n) is 7.26. The Balaban J connectivity index is 1.86. The summed E-state index contributed by atoms with van der Waals surface area (Å²) in [7, 11) is 1.40. The van der Waals surface area contributed by atoms with Crippen molar-refractivity contribution in [2.75, 3.05) is 7.11 Å². The van der Waals surface area contributed by atoms with E-state index in [0.29, 0.717) is 18.2 Å². The molecule has 0 spiro atoms. The summed E-state index contributed by atoms with van der Waals surface area (Å²) in [6.45, 7) is -1.83. The number of thiocarbonyl (C=S) groups is 1. The minimum absolute atomic E-state index is 0.000953. The molecule has 0 atom stereocenters. The van der Waals surface area contributed by atoms with Crippen molar-refractivity contribution in [3.8, 4) is 11.5 Å². The number of hydrogen-bond acceptors (Lipinski definition) is 3. The minimum Gasteiger partial charge on any atom is -0.493 e. The summed E-state index contributed by atoms with van der Waals surface area (Å²) < 4.78 is 34.1. The SMILES string of the molecule is COc1cc(CNC(=S)NCc2ccccc2)ccc1OC(F)F. The molecule has 4 nitrogen and oxygen atoms in total. The molecule has 0 aromatic heterocycles. The Morgan fingerprint density at radius 1 is 1.00 bits per heavy atom. The average molecular weight is 352 g/mol. The van der Waals surface area contributed by atoms with Gasteiger partial charge < -0.3 is 20.1 Å². The zero-order valence-electron chi connectivity index (χ0n) is 13.1. The number of alkyl halides is 2. The predicted molar refractivity (Wildman–Crippen MR) is 92.3 cm³/mol. The van der Waals surface area contributed by atoms with Gasteiger partial charge in [-0.1, -0.05) is 36.4 Å². The molecular formula is C17H18F2N2O2S. The molecule has 0 aliphatic carbocycles. The van der Waals surface area contributed by atoms with Crippen LogP contribution >= 0.6 is 12.2 Å². The van der Waals surface area contributed by atoms with Gasteiger partial charge in [-0.25, -0.2) is 0 Å². The van der Waals surface area contributed by atoms with Gasteiger partial charge in [0, 0.05) is 13.1 Å². The molecule has 24 heavy (non-hydrogen) atoms. The van der Waals surface area contributed by atoms with E-state index in [-0.39, 0.29) is 11.5 Å². The van der Waals surface area contributed by atoms with Gasteiger partial charge in [-0.15, -0.1) is 0 Å². The molecule has 0 amide bonds. The molecule has 0 bridgehead atoms. The van der Waals surface area contributed by atoms with Gasteiger partial charge in [0.15, 0.2) is 16.6 Å². The van der Waals surface area contributed by atoms with Crippen LogP contribution in [0.3, 0.4) is 0 Å². The van der Waals surface area contributed by atoms with Gasteiger partial charge in [-0.2, -0.15) is 8.78 Å². The monoisotopic (exact) mass is 352 g/mol. The number of rotatable bonds is 7. The minimum atomic E-state index is -2.89. The third kappa shape index (κ3) is 5.66. The van der Waals surface area contributed by atoms with Crippen molar-refractivity contribution in [2.45, 2.75) is 19.7 Å². The summed E-state index contributed by atoms with van der Waals surface area (Å²) in [5.74, 6) is 0.249. The van der Waals surface area contributed by atoms with E-state index in [4.69, 9.17) is 17.0 Å². The lowest BCUT2D eigenvalue weighted by atomic mass is 10.2. The zero-order chi connectivity index (χ0) is 17.4. The number of methoxy groups -OCH3 is 1. The molecule has 2 N–H and O–H groups in total. The van der Waals surface area contributed by atoms with Crippen LogP contribution in [0.1, 0.15) is 11.1 Å². The van der Waals surface area contributed by atoms with Gasteiger partial charge in [-0.05, 0) is 35.5 Å². The second-order valence-corrected chi connectivity index (χ2v) is 5.29. The third-order valence-corrected chi connectivity index (χ3v) is 3.48. The highest BCUT2D eigenvalue weighted by Gasteiger charge is 2.11. The molecule has 2 aromatic rings. The number of nitrogens with one attached hydrogen (secondary N) is 2. The normalized spacial score (nSPS) is 10.3. The summed E-state index contributed by atoms with van der Waals surface area (Å²) in [6.07, 6.45) is 0. The standard InChI is InChI=1S/C17H18F2N2O2S/c1-22-15-9-13(7-8-14(15)23-16(18)19)11-21-17(24)20-10-12-5-3-2-4-6-12/h2-9,16H,10-11H2,1H3,(H2,20,21,24). The van der Waals surface area contributed by atoms with Crippen LogP contribution in [-0.4, -0.2) is 18.8 Å². The predicted octanol–water partition coefficient (Wildman–Crippen LogP) is 3.46. The number of ether oxygens (including phenoxy) is 2. The van der Waals surface area contributed by atoms with E-state index in [1.165, 1.54) is 13.2 Å². The van der Waals surface area contributed by atoms with Gasteiger partial charge >= 0.3 is 6.61 Å². The summed E-state index contributed by atoms with van der Waals surface area (Å²) in [5, 5.41) is 6.66. The Labute approximate surface area is 144 Å². The van der Waals surface area contributed by atoms with Crippen LogP contribution in [-0.2, 0) is 13.1 Å². The van der Waals surface area contributed by atoms with Gasteiger partial charge in [0.25, 0.3) is 0 Å². The Morgan fingerprint density at radius 3 is 2.29 bits per heavy atom. The highest BCUT2D eigenvalue weighted by Crippen LogP contribution is 2.29. The van der Waals surface area contributed by atoms with E-state index < -0.39 is 6.61 Å². The molecule has 128 valence electrons. The van der Waals surface area contributed by atoms with Crippen LogP contribution in [0, 0.1) is 0 Å². The van der Waals surface area contributed by atoms with Crippen molar-refractivity contribution in [1.29, 1.82) is 0 Å². The van der Waals surface area contributed by atoms with Gasteiger partial charge in [0.1, 0.15) is 0 Å². The topological polar surface area (TPSA) is 42.5 Å². The molecular weight excluding hydrogens is 334 g/mol. The quantitative estimate of drug-likeness (QED) is 0.747. The van der Waals surface area contributed by atoms with E-state index in [9.17, 15) is 8.78 Å². The lowest BCUT2D eigenvalue weighted by Crippen LogP contribution is -2.34. The lowest BCUT2D eigenvalue weighted by Gasteiger charge is -2.13. The maximum atomic E-state index is 12.3. The van der Waals surface area contributed by atoms with Crippen molar-refractivity contribution < 1.29 is 18.3 Å². The van der Waals surface area contributed by atoms with Gasteiger partial charge in [0.05, 0.1) is 7.11 Å². The van der Waals surface area contributed by atoms with Crippen molar-refractivity contribution in [3.63, 3.8) is 0 Å². The average Bonchev–Trinajstić information content (AvgIpc) is 2.59. The molecule has 0 fully saturated rings. The first-order chi connectivity index (χ1) is 11.6. The Hall–Kier alpha value is -2.41. The summed E-state index contributed by atoms with van der Waals surface area (Å²) >= 11 is 5.22. The van der Waals surface area contributed by atoms with Gasteiger partial charge in [-0.3, -0.25) is 0 Å². The van der Waals surface area contributed by atoms with E-state index in [1.54, 1.807) is 12.1 Å². The van der Waals surface area contributed by atoms with E-state index >= 15 is 0 Å². The van der Waals surface area contributed by atoms with Crippen molar-refractivity contribution in [1.82, 2.24) is 10.6 Å². The molecule has 0 aliphatic heterocycles. The molecule has 0 saturated heterocycles. The van der Waals surface area contributed by atoms with Crippen LogP contribution in [0.25, 0.3) is 0 Å². The second kappa shape index (κ2) is 9.02. The van der Waals surface area contributed by atoms with Crippen LogP contribution in [0.15, 0.2) is 48.5 Å². The third-order valence-electron chi connectivity index (χ3n) is 3.19. The fraction of sp³-hybridized carbons (Fsp3) is 0.235. The molecule has 7 heteroatoms. The fourth-order valence-corrected chi connectivity index (χ4v) is 2.18. The zero-order valence-corrected chi connectivity index (χ0v) is 13.9. The number of hydrogen-bond donors (Lipinski definition) is 2. The van der Waals surface area contributed by atoms with E-state index in [0.717, 1.165) is 11.1 Å². The summed E-state index contributed by atoms with van der Waals surface area (Å²) in [6, 6.07) is 14.6. The van der Waals surface area contributed by atoms with Gasteiger partial charge in [0.2, 0.25) is 0 Å². The van der Waals surface area contributed by atoms with Crippen LogP contribution in [0.5, 0.6) is 11.5 Å². The maximum Gasteiger partial charge on any atom is 0.387 e. The summed E-state index contributed by atoms with van der Waals surface area (Å²) in [4.78, 5) is 0. The molecule has 2 aromatic carbocycles. The molecule has 0 radical (unpaired) electrons. The highest BCUT2D eigenvalue weighted by molar-refractivity contribution is 7.80. The Morgan fingerprint density at radius 2 is 1.67 bits per heavy atom. The van der Waals surface area contributed by atoms with Crippen LogP contribution in [0.4, 0.5) is 8.78 Å². The van der Waals surface area contributed by atoms with Crippen molar-refractivity contribution in [2.24, 2.45) is 0 Å². The highest BCUT2D eigenvalue weighted by atomic mass is 32.1. The lowest BCUT2D eigenvalue weighted by molar-refractivity contribution is -0.0512. The molecule has 0 heterocycles.